The second-order valence-corrected chi connectivity index (χ2v) is 5.89. The molecular formula is C8H10F2N2O2S3. The van der Waals surface area contributed by atoms with Crippen molar-refractivity contribution in [3.05, 3.63) is 3.95 Å². The first-order valence-electron chi connectivity index (χ1n) is 4.70. The largest absolute Gasteiger partial charge is 0.465 e. The van der Waals surface area contributed by atoms with E-state index >= 15 is 0 Å². The van der Waals surface area contributed by atoms with Gasteiger partial charge in [0.25, 0.3) is 0 Å². The van der Waals surface area contributed by atoms with E-state index in [4.69, 9.17) is 12.2 Å². The minimum absolute atomic E-state index is 0.167. The van der Waals surface area contributed by atoms with Crippen molar-refractivity contribution >= 4 is 41.3 Å². The maximum Gasteiger partial charge on any atom is 0.306 e. The molecule has 17 heavy (non-hydrogen) atoms. The first-order chi connectivity index (χ1) is 8.08. The number of rotatable bonds is 7. The highest BCUT2D eigenvalue weighted by molar-refractivity contribution is 8.01. The van der Waals surface area contributed by atoms with Gasteiger partial charge in [0.2, 0.25) is 6.43 Å². The maximum absolute atomic E-state index is 11.7. The molecule has 1 N–H and O–H groups in total. The van der Waals surface area contributed by atoms with Gasteiger partial charge in [0.15, 0.2) is 8.29 Å². The van der Waals surface area contributed by atoms with Crippen molar-refractivity contribution in [2.75, 3.05) is 12.4 Å². The summed E-state index contributed by atoms with van der Waals surface area (Å²) in [7, 11) is 0. The van der Waals surface area contributed by atoms with Gasteiger partial charge in [-0.15, -0.1) is 0 Å². The Hall–Kier alpha value is -0.540. The molecule has 0 saturated carbocycles. The molecular weight excluding hydrogens is 290 g/mol. The van der Waals surface area contributed by atoms with Gasteiger partial charge in [-0.3, -0.25) is 9.89 Å². The fourth-order valence-corrected chi connectivity index (χ4v) is 2.90. The number of carbonyl (C=O) groups excluding carboxylic acids is 1. The second kappa shape index (κ2) is 7.72. The summed E-state index contributed by atoms with van der Waals surface area (Å²) >= 11 is 7.53. The summed E-state index contributed by atoms with van der Waals surface area (Å²) in [5.41, 5.74) is 0. The van der Waals surface area contributed by atoms with Crippen molar-refractivity contribution in [2.24, 2.45) is 0 Å². The average Bonchev–Trinajstić information content (AvgIpc) is 2.63. The Morgan fingerprint density at radius 2 is 2.41 bits per heavy atom. The fraction of sp³-hybridized carbons (Fsp3) is 0.625. The number of carbonyl (C=O) groups is 1. The number of nitrogens with one attached hydrogen (secondary N) is 1. The Balaban J connectivity index is 2.10. The normalized spacial score (nSPS) is 10.8. The predicted octanol–water partition coefficient (Wildman–Crippen LogP) is 2.88. The summed E-state index contributed by atoms with van der Waals surface area (Å²) in [4.78, 5) is 11.1. The molecule has 4 nitrogen and oxygen atoms in total. The van der Waals surface area contributed by atoms with E-state index in [0.717, 1.165) is 4.34 Å². The number of hydrogen-bond acceptors (Lipinski definition) is 6. The van der Waals surface area contributed by atoms with Crippen molar-refractivity contribution in [1.29, 1.82) is 0 Å². The van der Waals surface area contributed by atoms with Gasteiger partial charge in [-0.2, -0.15) is 5.10 Å². The van der Waals surface area contributed by atoms with Gasteiger partial charge in [-0.1, -0.05) is 23.1 Å². The minimum atomic E-state index is -2.44. The van der Waals surface area contributed by atoms with Crippen molar-refractivity contribution in [2.45, 2.75) is 23.6 Å². The third kappa shape index (κ3) is 6.69. The lowest BCUT2D eigenvalue weighted by Gasteiger charge is -2.03. The Morgan fingerprint density at radius 1 is 1.65 bits per heavy atom. The van der Waals surface area contributed by atoms with E-state index in [-0.39, 0.29) is 13.0 Å². The number of H-pyrrole nitrogens is 1. The molecule has 1 rings (SSSR count). The molecule has 1 aromatic heterocycles. The topological polar surface area (TPSA) is 55.0 Å². The van der Waals surface area contributed by atoms with E-state index in [1.807, 2.05) is 0 Å². The predicted molar refractivity (Wildman–Crippen MR) is 64.2 cm³/mol. The Kier molecular flexibility index (Phi) is 6.60. The first kappa shape index (κ1) is 14.5. The number of nitrogens with zero attached hydrogens (tertiary/aromatic N) is 1. The third-order valence-corrected chi connectivity index (χ3v) is 3.78. The number of esters is 1. The van der Waals surface area contributed by atoms with Gasteiger partial charge in [0.1, 0.15) is 0 Å². The van der Waals surface area contributed by atoms with Gasteiger partial charge in [-0.05, 0) is 12.2 Å². The molecule has 0 amide bonds. The molecule has 0 saturated heterocycles. The molecule has 96 valence electrons. The van der Waals surface area contributed by atoms with Crippen LogP contribution in [0.1, 0.15) is 12.8 Å². The molecule has 0 aromatic carbocycles. The molecule has 1 aromatic rings. The summed E-state index contributed by atoms with van der Waals surface area (Å²) in [5.74, 6) is 0.0150. The zero-order valence-electron chi connectivity index (χ0n) is 8.65. The summed E-state index contributed by atoms with van der Waals surface area (Å²) in [5, 5.41) is 6.52. The van der Waals surface area contributed by atoms with Crippen LogP contribution in [0.15, 0.2) is 4.34 Å². The molecule has 0 unspecified atom stereocenters. The Labute approximate surface area is 110 Å². The lowest BCUT2D eigenvalue weighted by Crippen LogP contribution is -2.09. The Morgan fingerprint density at radius 3 is 3.00 bits per heavy atom. The second-order valence-electron chi connectivity index (χ2n) is 2.88. The fourth-order valence-electron chi connectivity index (χ4n) is 0.834. The molecule has 0 aliphatic rings. The molecule has 0 aliphatic heterocycles. The number of alkyl halides is 2. The SMILES string of the molecule is O=C(CCSc1n[nH]c(=S)s1)OCCC(F)F. The number of thioether (sulfide) groups is 1. The van der Waals surface area contributed by atoms with Gasteiger partial charge >= 0.3 is 5.97 Å². The quantitative estimate of drug-likeness (QED) is 0.477. The lowest BCUT2D eigenvalue weighted by atomic mass is 10.4. The maximum atomic E-state index is 11.7. The summed E-state index contributed by atoms with van der Waals surface area (Å²) in [6, 6.07) is 0. The van der Waals surface area contributed by atoms with Crippen LogP contribution in [-0.4, -0.2) is 35.0 Å². The van der Waals surface area contributed by atoms with Crippen LogP contribution in [0.5, 0.6) is 0 Å². The average molecular weight is 300 g/mol. The highest BCUT2D eigenvalue weighted by Crippen LogP contribution is 2.20. The summed E-state index contributed by atoms with van der Waals surface area (Å²) < 4.78 is 29.4. The number of hydrogen-bond donors (Lipinski definition) is 1. The van der Waals surface area contributed by atoms with Crippen LogP contribution in [0.3, 0.4) is 0 Å². The van der Waals surface area contributed by atoms with Gasteiger partial charge in [-0.25, -0.2) is 8.78 Å². The molecule has 0 radical (unpaired) electrons. The summed E-state index contributed by atoms with van der Waals surface area (Å²) in [6.07, 6.45) is -2.69. The van der Waals surface area contributed by atoms with Crippen LogP contribution < -0.4 is 0 Å². The van der Waals surface area contributed by atoms with Gasteiger partial charge in [0, 0.05) is 12.2 Å². The summed E-state index contributed by atoms with van der Waals surface area (Å²) in [6.45, 7) is -0.234. The van der Waals surface area contributed by atoms with Crippen LogP contribution in [0.2, 0.25) is 0 Å². The van der Waals surface area contributed by atoms with Crippen LogP contribution in [0, 0.1) is 3.95 Å². The lowest BCUT2D eigenvalue weighted by molar-refractivity contribution is -0.143. The number of halogens is 2. The van der Waals surface area contributed by atoms with Crippen molar-refractivity contribution in [1.82, 2.24) is 10.2 Å². The van der Waals surface area contributed by atoms with Crippen LogP contribution in [0.25, 0.3) is 0 Å². The zero-order chi connectivity index (χ0) is 12.7. The Bertz CT molecular complexity index is 407. The minimum Gasteiger partial charge on any atom is -0.465 e. The third-order valence-electron chi connectivity index (χ3n) is 1.55. The van der Waals surface area contributed by atoms with Gasteiger partial charge < -0.3 is 4.74 Å². The van der Waals surface area contributed by atoms with Crippen molar-refractivity contribution in [3.8, 4) is 0 Å². The number of ether oxygens (including phenoxy) is 1. The van der Waals surface area contributed by atoms with Crippen molar-refractivity contribution in [3.63, 3.8) is 0 Å². The molecule has 1 heterocycles. The van der Waals surface area contributed by atoms with E-state index in [0.29, 0.717) is 9.71 Å². The smallest absolute Gasteiger partial charge is 0.306 e. The van der Waals surface area contributed by atoms with Crippen LogP contribution in [-0.2, 0) is 9.53 Å². The molecule has 0 spiro atoms. The van der Waals surface area contributed by atoms with Gasteiger partial charge in [0.05, 0.1) is 13.0 Å². The highest BCUT2D eigenvalue weighted by atomic mass is 32.2. The zero-order valence-corrected chi connectivity index (χ0v) is 11.1. The standard InChI is InChI=1S/C8H10F2N2O2S3/c9-5(10)1-3-14-6(13)2-4-16-8-12-11-7(15)17-8/h5H,1-4H2,(H,11,15). The molecule has 0 fully saturated rings. The molecule has 0 aliphatic carbocycles. The van der Waals surface area contributed by atoms with E-state index in [1.165, 1.54) is 23.1 Å². The van der Waals surface area contributed by atoms with Crippen LogP contribution >= 0.6 is 35.3 Å². The monoisotopic (exact) mass is 300 g/mol. The number of aromatic nitrogens is 2. The highest BCUT2D eigenvalue weighted by Gasteiger charge is 2.07. The molecule has 0 atom stereocenters. The molecule has 9 heteroatoms. The van der Waals surface area contributed by atoms with E-state index in [1.54, 1.807) is 0 Å². The van der Waals surface area contributed by atoms with Crippen molar-refractivity contribution < 1.29 is 18.3 Å². The molecule has 0 bridgehead atoms. The number of aromatic amines is 1. The van der Waals surface area contributed by atoms with Crippen LogP contribution in [0.4, 0.5) is 8.78 Å². The van der Waals surface area contributed by atoms with E-state index in [2.05, 4.69) is 14.9 Å². The first-order valence-corrected chi connectivity index (χ1v) is 6.91. The van der Waals surface area contributed by atoms with E-state index in [9.17, 15) is 13.6 Å². The van der Waals surface area contributed by atoms with E-state index < -0.39 is 18.8 Å².